The summed E-state index contributed by atoms with van der Waals surface area (Å²) in [5.74, 6) is 2.12. The third kappa shape index (κ3) is 4.78. The lowest BCUT2D eigenvalue weighted by atomic mass is 10.1. The largest absolute Gasteiger partial charge is 0.490 e. The van der Waals surface area contributed by atoms with Crippen LogP contribution >= 0.6 is 0 Å². The zero-order chi connectivity index (χ0) is 21.0. The Morgan fingerprint density at radius 2 is 1.84 bits per heavy atom. The lowest BCUT2D eigenvalue weighted by Crippen LogP contribution is -2.34. The molecule has 0 atom stereocenters. The van der Waals surface area contributed by atoms with Gasteiger partial charge in [-0.15, -0.1) is 0 Å². The average Bonchev–Trinajstić information content (AvgIpc) is 3.14. The molecule has 0 amide bonds. The highest BCUT2D eigenvalue weighted by molar-refractivity contribution is 5.84. The van der Waals surface area contributed by atoms with E-state index in [0.29, 0.717) is 5.95 Å². The first-order chi connectivity index (χ1) is 15.2. The normalized spacial score (nSPS) is 14.5. The summed E-state index contributed by atoms with van der Waals surface area (Å²) in [6.45, 7) is 4.07. The van der Waals surface area contributed by atoms with E-state index in [4.69, 9.17) is 4.74 Å². The van der Waals surface area contributed by atoms with Crippen molar-refractivity contribution in [2.75, 3.05) is 23.7 Å². The third-order valence-electron chi connectivity index (χ3n) is 5.36. The maximum Gasteiger partial charge on any atom is 0.229 e. The quantitative estimate of drug-likeness (QED) is 0.360. The van der Waals surface area contributed by atoms with Crippen molar-refractivity contribution in [2.24, 2.45) is 0 Å². The zero-order valence-electron chi connectivity index (χ0n) is 17.5. The standard InChI is InChI=1S/C24H26N6O/c1-16-13-17-14-19(5-6-22(17)27-16)28-23-9-12-26-24(30-23)29-18-3-2-4-21(15-18)31-20-7-10-25-11-8-20/h2-6,9,12-15,20,25,27H,7-8,10-11H2,1H3,(H2,26,28,29,30). The molecule has 1 fully saturated rings. The second-order valence-electron chi connectivity index (χ2n) is 7.86. The summed E-state index contributed by atoms with van der Waals surface area (Å²) in [6.07, 6.45) is 4.07. The molecule has 2 aromatic heterocycles. The minimum atomic E-state index is 0.265. The van der Waals surface area contributed by atoms with E-state index < -0.39 is 0 Å². The van der Waals surface area contributed by atoms with Gasteiger partial charge >= 0.3 is 0 Å². The van der Waals surface area contributed by atoms with Crippen molar-refractivity contribution < 1.29 is 4.74 Å². The van der Waals surface area contributed by atoms with Crippen LogP contribution < -0.4 is 20.7 Å². The van der Waals surface area contributed by atoms with Gasteiger partial charge in [0.05, 0.1) is 0 Å². The molecule has 1 aliphatic rings. The number of ether oxygens (including phenoxy) is 1. The summed E-state index contributed by atoms with van der Waals surface area (Å²) in [5.41, 5.74) is 4.15. The van der Waals surface area contributed by atoms with Crippen LogP contribution in [0.4, 0.5) is 23.1 Å². The molecule has 1 aliphatic heterocycles. The predicted octanol–water partition coefficient (Wildman–Crippen LogP) is 4.88. The molecule has 0 saturated carbocycles. The van der Waals surface area contributed by atoms with E-state index >= 15 is 0 Å². The zero-order valence-corrected chi connectivity index (χ0v) is 17.5. The van der Waals surface area contributed by atoms with Crippen molar-refractivity contribution in [1.29, 1.82) is 0 Å². The van der Waals surface area contributed by atoms with Gasteiger partial charge in [-0.3, -0.25) is 0 Å². The molecule has 31 heavy (non-hydrogen) atoms. The van der Waals surface area contributed by atoms with Crippen LogP contribution in [0.1, 0.15) is 18.5 Å². The van der Waals surface area contributed by atoms with Gasteiger partial charge in [-0.25, -0.2) is 4.98 Å². The number of piperidine rings is 1. The van der Waals surface area contributed by atoms with Crippen molar-refractivity contribution in [3.05, 3.63) is 66.5 Å². The molecule has 0 aliphatic carbocycles. The van der Waals surface area contributed by atoms with Gasteiger partial charge < -0.3 is 25.7 Å². The number of hydrogen-bond acceptors (Lipinski definition) is 6. The van der Waals surface area contributed by atoms with Crippen molar-refractivity contribution >= 4 is 34.0 Å². The first kappa shape index (κ1) is 19.4. The monoisotopic (exact) mass is 414 g/mol. The number of aromatic amines is 1. The fourth-order valence-corrected chi connectivity index (χ4v) is 3.87. The highest BCUT2D eigenvalue weighted by Crippen LogP contribution is 2.25. The van der Waals surface area contributed by atoms with E-state index in [1.54, 1.807) is 6.20 Å². The van der Waals surface area contributed by atoms with Crippen LogP contribution in [-0.2, 0) is 0 Å². The maximum atomic E-state index is 6.14. The predicted molar refractivity (Wildman–Crippen MR) is 125 cm³/mol. The molecule has 5 rings (SSSR count). The fraction of sp³-hybridized carbons (Fsp3) is 0.250. The van der Waals surface area contributed by atoms with Gasteiger partial charge in [-0.05, 0) is 75.3 Å². The number of rotatable bonds is 6. The Morgan fingerprint density at radius 1 is 0.968 bits per heavy atom. The lowest BCUT2D eigenvalue weighted by Gasteiger charge is -2.24. The molecule has 1 saturated heterocycles. The molecule has 0 bridgehead atoms. The minimum absolute atomic E-state index is 0.265. The molecule has 0 radical (unpaired) electrons. The minimum Gasteiger partial charge on any atom is -0.490 e. The molecule has 7 heteroatoms. The number of aromatic nitrogens is 3. The van der Waals surface area contributed by atoms with Crippen molar-refractivity contribution in [1.82, 2.24) is 20.3 Å². The molecule has 0 unspecified atom stereocenters. The van der Waals surface area contributed by atoms with Gasteiger partial charge in [0, 0.05) is 40.2 Å². The average molecular weight is 415 g/mol. The van der Waals surface area contributed by atoms with Gasteiger partial charge in [0.2, 0.25) is 5.95 Å². The summed E-state index contributed by atoms with van der Waals surface area (Å²) >= 11 is 0. The Kier molecular flexibility index (Phi) is 5.41. The number of anilines is 4. The summed E-state index contributed by atoms with van der Waals surface area (Å²) in [6, 6.07) is 18.2. The number of nitrogens with one attached hydrogen (secondary N) is 4. The number of benzene rings is 2. The SMILES string of the molecule is Cc1cc2cc(Nc3ccnc(Nc4cccc(OC5CCNCC5)c4)n3)ccc2[nH]1. The fourth-order valence-electron chi connectivity index (χ4n) is 3.87. The van der Waals surface area contributed by atoms with Crippen molar-refractivity contribution in [3.63, 3.8) is 0 Å². The summed E-state index contributed by atoms with van der Waals surface area (Å²) in [7, 11) is 0. The Morgan fingerprint density at radius 3 is 2.74 bits per heavy atom. The smallest absolute Gasteiger partial charge is 0.229 e. The molecule has 4 aromatic rings. The molecule has 2 aromatic carbocycles. The van der Waals surface area contributed by atoms with Gasteiger partial charge in [-0.1, -0.05) is 6.07 Å². The topological polar surface area (TPSA) is 86.9 Å². The lowest BCUT2D eigenvalue weighted by molar-refractivity contribution is 0.162. The summed E-state index contributed by atoms with van der Waals surface area (Å²) in [5, 5.41) is 11.2. The van der Waals surface area contributed by atoms with Crippen LogP contribution in [0.15, 0.2) is 60.8 Å². The second kappa shape index (κ2) is 8.65. The van der Waals surface area contributed by atoms with Crippen LogP contribution in [0.25, 0.3) is 10.9 Å². The number of fused-ring (bicyclic) bond motifs is 1. The Balaban J connectivity index is 1.28. The van der Waals surface area contributed by atoms with Gasteiger partial charge in [-0.2, -0.15) is 4.98 Å². The molecule has 0 spiro atoms. The number of nitrogens with zero attached hydrogens (tertiary/aromatic N) is 2. The molecule has 4 N–H and O–H groups in total. The maximum absolute atomic E-state index is 6.14. The Labute approximate surface area is 181 Å². The van der Waals surface area contributed by atoms with E-state index in [1.165, 1.54) is 5.39 Å². The van der Waals surface area contributed by atoms with E-state index in [1.807, 2.05) is 36.4 Å². The van der Waals surface area contributed by atoms with E-state index in [2.05, 4.69) is 56.0 Å². The third-order valence-corrected chi connectivity index (χ3v) is 5.36. The Hall–Kier alpha value is -3.58. The summed E-state index contributed by atoms with van der Waals surface area (Å²) in [4.78, 5) is 12.3. The molecule has 7 nitrogen and oxygen atoms in total. The molecular formula is C24H26N6O. The number of hydrogen-bond donors (Lipinski definition) is 4. The number of aryl methyl sites for hydroxylation is 1. The van der Waals surface area contributed by atoms with Crippen molar-refractivity contribution in [3.8, 4) is 5.75 Å². The van der Waals surface area contributed by atoms with E-state index in [0.717, 1.165) is 60.1 Å². The molecular weight excluding hydrogens is 388 g/mol. The molecule has 3 heterocycles. The van der Waals surface area contributed by atoms with Crippen LogP contribution in [0, 0.1) is 6.92 Å². The van der Waals surface area contributed by atoms with Gasteiger partial charge in [0.15, 0.2) is 0 Å². The van der Waals surface area contributed by atoms with Gasteiger partial charge in [0.25, 0.3) is 0 Å². The highest BCUT2D eigenvalue weighted by atomic mass is 16.5. The van der Waals surface area contributed by atoms with Crippen molar-refractivity contribution in [2.45, 2.75) is 25.9 Å². The first-order valence-corrected chi connectivity index (χ1v) is 10.7. The highest BCUT2D eigenvalue weighted by Gasteiger charge is 2.14. The summed E-state index contributed by atoms with van der Waals surface area (Å²) < 4.78 is 6.14. The van der Waals surface area contributed by atoms with Crippen LogP contribution in [0.2, 0.25) is 0 Å². The second-order valence-corrected chi connectivity index (χ2v) is 7.86. The van der Waals surface area contributed by atoms with E-state index in [-0.39, 0.29) is 6.10 Å². The molecule has 158 valence electrons. The van der Waals surface area contributed by atoms with Crippen LogP contribution in [0.5, 0.6) is 5.75 Å². The van der Waals surface area contributed by atoms with Gasteiger partial charge in [0.1, 0.15) is 17.7 Å². The van der Waals surface area contributed by atoms with Crippen LogP contribution in [0.3, 0.4) is 0 Å². The number of H-pyrrole nitrogens is 1. The van der Waals surface area contributed by atoms with E-state index in [9.17, 15) is 0 Å². The van der Waals surface area contributed by atoms with Crippen LogP contribution in [-0.4, -0.2) is 34.1 Å². The Bertz CT molecular complexity index is 1180. The first-order valence-electron chi connectivity index (χ1n) is 10.7.